The third-order valence-electron chi connectivity index (χ3n) is 5.50. The highest BCUT2D eigenvalue weighted by Gasteiger charge is 2.55. The van der Waals surface area contributed by atoms with Gasteiger partial charge in [0.2, 0.25) is 0 Å². The van der Waals surface area contributed by atoms with Gasteiger partial charge in [-0.1, -0.05) is 29.3 Å². The second-order valence-electron chi connectivity index (χ2n) is 7.12. The molecule has 2 saturated heterocycles. The lowest BCUT2D eigenvalue weighted by molar-refractivity contribution is -0.137. The smallest absolute Gasteiger partial charge is 0.333 e. The molecular weight excluding hydrogens is 405 g/mol. The Morgan fingerprint density at radius 1 is 1.32 bits per heavy atom. The van der Waals surface area contributed by atoms with Crippen LogP contribution in [0.3, 0.4) is 0 Å². The summed E-state index contributed by atoms with van der Waals surface area (Å²) < 4.78 is 6.10. The number of aliphatic carboxylic acids is 2. The zero-order valence-corrected chi connectivity index (χ0v) is 16.6. The van der Waals surface area contributed by atoms with E-state index in [0.717, 1.165) is 12.5 Å². The SMILES string of the molecule is C=CCN1C2CCC1(/C(=C\C(=O)O)C(=O)O)CC(Oc1ccc(Cl)c(Cl)c1)C2. The Labute approximate surface area is 173 Å². The molecule has 150 valence electrons. The van der Waals surface area contributed by atoms with Crippen LogP contribution in [-0.4, -0.2) is 51.3 Å². The van der Waals surface area contributed by atoms with Crippen LogP contribution < -0.4 is 4.74 Å². The fraction of sp³-hybridized carbons (Fsp3) is 0.400. The Morgan fingerprint density at radius 2 is 2.07 bits per heavy atom. The van der Waals surface area contributed by atoms with Gasteiger partial charge in [0.05, 0.1) is 21.2 Å². The molecule has 2 aliphatic rings. The number of ether oxygens (including phenoxy) is 1. The summed E-state index contributed by atoms with van der Waals surface area (Å²) in [6, 6.07) is 5.06. The van der Waals surface area contributed by atoms with Crippen LogP contribution in [0.5, 0.6) is 5.75 Å². The number of rotatable bonds is 7. The van der Waals surface area contributed by atoms with E-state index in [9.17, 15) is 19.8 Å². The second-order valence-corrected chi connectivity index (χ2v) is 7.94. The number of hydrogen-bond donors (Lipinski definition) is 2. The van der Waals surface area contributed by atoms with Crippen molar-refractivity contribution in [2.75, 3.05) is 6.54 Å². The molecule has 3 rings (SSSR count). The highest BCUT2D eigenvalue weighted by atomic mass is 35.5. The molecule has 0 spiro atoms. The lowest BCUT2D eigenvalue weighted by Crippen LogP contribution is -2.57. The summed E-state index contributed by atoms with van der Waals surface area (Å²) in [4.78, 5) is 25.3. The number of hydrogen-bond acceptors (Lipinski definition) is 4. The van der Waals surface area contributed by atoms with Gasteiger partial charge in [-0.05, 0) is 31.4 Å². The summed E-state index contributed by atoms with van der Waals surface area (Å²) in [5.74, 6) is -1.96. The van der Waals surface area contributed by atoms with Gasteiger partial charge in [-0.15, -0.1) is 6.58 Å². The summed E-state index contributed by atoms with van der Waals surface area (Å²) in [6.07, 6.45) is 4.63. The van der Waals surface area contributed by atoms with Gasteiger partial charge in [-0.3, -0.25) is 4.90 Å². The van der Waals surface area contributed by atoms with Crippen LogP contribution in [0.4, 0.5) is 0 Å². The quantitative estimate of drug-likeness (QED) is 0.506. The van der Waals surface area contributed by atoms with Gasteiger partial charge in [0.1, 0.15) is 11.9 Å². The topological polar surface area (TPSA) is 87.1 Å². The van der Waals surface area contributed by atoms with Crippen molar-refractivity contribution in [3.8, 4) is 5.75 Å². The van der Waals surface area contributed by atoms with Gasteiger partial charge in [0.15, 0.2) is 0 Å². The molecule has 2 fully saturated rings. The van der Waals surface area contributed by atoms with E-state index in [1.165, 1.54) is 0 Å². The van der Waals surface area contributed by atoms with Crippen LogP contribution in [0.15, 0.2) is 42.5 Å². The molecule has 2 aliphatic heterocycles. The third-order valence-corrected chi connectivity index (χ3v) is 6.24. The average Bonchev–Trinajstić information content (AvgIpc) is 2.83. The maximum Gasteiger partial charge on any atom is 0.333 e. The average molecular weight is 426 g/mol. The number of piperidine rings is 1. The molecule has 2 heterocycles. The predicted molar refractivity (Wildman–Crippen MR) is 106 cm³/mol. The molecule has 0 saturated carbocycles. The maximum absolute atomic E-state index is 12.0. The first-order chi connectivity index (χ1) is 13.3. The Morgan fingerprint density at radius 3 is 2.68 bits per heavy atom. The number of halogens is 2. The molecule has 6 nitrogen and oxygen atoms in total. The van der Waals surface area contributed by atoms with Crippen molar-refractivity contribution >= 4 is 35.1 Å². The largest absolute Gasteiger partial charge is 0.490 e. The third kappa shape index (κ3) is 3.90. The first-order valence-corrected chi connectivity index (χ1v) is 9.70. The maximum atomic E-state index is 12.0. The van der Waals surface area contributed by atoms with E-state index in [4.69, 9.17) is 27.9 Å². The Balaban J connectivity index is 1.95. The van der Waals surface area contributed by atoms with Crippen LogP contribution in [0.1, 0.15) is 25.7 Å². The van der Waals surface area contributed by atoms with Gasteiger partial charge in [0.25, 0.3) is 0 Å². The van der Waals surface area contributed by atoms with Crippen molar-refractivity contribution in [3.05, 3.63) is 52.5 Å². The molecule has 3 unspecified atom stereocenters. The van der Waals surface area contributed by atoms with Crippen LogP contribution in [0, 0.1) is 0 Å². The number of nitrogens with zero attached hydrogens (tertiary/aromatic N) is 1. The summed E-state index contributed by atoms with van der Waals surface area (Å²) in [7, 11) is 0. The van der Waals surface area contributed by atoms with Crippen molar-refractivity contribution in [1.82, 2.24) is 4.90 Å². The van der Waals surface area contributed by atoms with Crippen molar-refractivity contribution in [2.24, 2.45) is 0 Å². The first kappa shape index (κ1) is 20.7. The molecule has 1 aromatic rings. The number of benzene rings is 1. The van der Waals surface area contributed by atoms with Crippen molar-refractivity contribution < 1.29 is 24.5 Å². The van der Waals surface area contributed by atoms with Gasteiger partial charge in [-0.2, -0.15) is 0 Å². The minimum absolute atomic E-state index is 0.0797. The zero-order chi connectivity index (χ0) is 20.5. The summed E-state index contributed by atoms with van der Waals surface area (Å²) in [5.41, 5.74) is -1.03. The molecule has 0 amide bonds. The van der Waals surface area contributed by atoms with E-state index < -0.39 is 17.5 Å². The molecule has 2 N–H and O–H groups in total. The molecule has 1 aromatic carbocycles. The van der Waals surface area contributed by atoms with Crippen molar-refractivity contribution in [1.29, 1.82) is 0 Å². The monoisotopic (exact) mass is 425 g/mol. The molecular formula is C20H21Cl2NO5. The molecule has 28 heavy (non-hydrogen) atoms. The Kier molecular flexibility index (Phi) is 6.03. The highest BCUT2D eigenvalue weighted by Crippen LogP contribution is 2.49. The van der Waals surface area contributed by atoms with E-state index in [1.54, 1.807) is 24.3 Å². The van der Waals surface area contributed by atoms with Crippen LogP contribution in [0.25, 0.3) is 0 Å². The van der Waals surface area contributed by atoms with Crippen LogP contribution >= 0.6 is 23.2 Å². The summed E-state index contributed by atoms with van der Waals surface area (Å²) >= 11 is 12.0. The number of carbonyl (C=O) groups is 2. The molecule has 2 bridgehead atoms. The fourth-order valence-corrected chi connectivity index (χ4v) is 4.78. The lowest BCUT2D eigenvalue weighted by atomic mass is 9.79. The van der Waals surface area contributed by atoms with Crippen LogP contribution in [-0.2, 0) is 9.59 Å². The number of carboxylic acid groups (broad SMARTS) is 2. The number of fused-ring (bicyclic) bond motifs is 2. The highest BCUT2D eigenvalue weighted by molar-refractivity contribution is 6.42. The van der Waals surface area contributed by atoms with E-state index in [1.807, 2.05) is 0 Å². The van der Waals surface area contributed by atoms with Gasteiger partial charge < -0.3 is 14.9 Å². The minimum atomic E-state index is -1.28. The molecule has 3 atom stereocenters. The Hall–Kier alpha value is -2.02. The van der Waals surface area contributed by atoms with Gasteiger partial charge >= 0.3 is 11.9 Å². The van der Waals surface area contributed by atoms with E-state index >= 15 is 0 Å². The van der Waals surface area contributed by atoms with Crippen LogP contribution in [0.2, 0.25) is 10.0 Å². The van der Waals surface area contributed by atoms with E-state index in [-0.39, 0.29) is 17.7 Å². The van der Waals surface area contributed by atoms with Gasteiger partial charge in [-0.25, -0.2) is 9.59 Å². The molecule has 0 radical (unpaired) electrons. The molecule has 0 aromatic heterocycles. The minimum Gasteiger partial charge on any atom is -0.490 e. The normalized spacial score (nSPS) is 27.4. The lowest BCUT2D eigenvalue weighted by Gasteiger charge is -2.47. The number of carboxylic acids is 2. The van der Waals surface area contributed by atoms with E-state index in [2.05, 4.69) is 11.5 Å². The van der Waals surface area contributed by atoms with Crippen molar-refractivity contribution in [2.45, 2.75) is 43.4 Å². The van der Waals surface area contributed by atoms with Gasteiger partial charge in [0, 0.05) is 31.1 Å². The van der Waals surface area contributed by atoms with Crippen molar-refractivity contribution in [3.63, 3.8) is 0 Å². The summed E-state index contributed by atoms with van der Waals surface area (Å²) in [6.45, 7) is 4.25. The Bertz CT molecular complexity index is 840. The van der Waals surface area contributed by atoms with E-state index in [0.29, 0.717) is 41.6 Å². The molecule has 0 aliphatic carbocycles. The fourth-order valence-electron chi connectivity index (χ4n) is 4.50. The zero-order valence-electron chi connectivity index (χ0n) is 15.1. The molecule has 8 heteroatoms. The first-order valence-electron chi connectivity index (χ1n) is 8.94. The predicted octanol–water partition coefficient (Wildman–Crippen LogP) is 4.02. The standard InChI is InChI=1S/C20H21Cl2NO5/c1-2-7-23-12-5-6-20(23,15(19(26)27)10-18(24)25)11-14(8-12)28-13-3-4-16(21)17(22)9-13/h2-4,9-10,12,14H,1,5-8,11H2,(H,24,25)(H,26,27)/b15-10-. The summed E-state index contributed by atoms with van der Waals surface area (Å²) in [5, 5.41) is 19.8. The second kappa shape index (κ2) is 8.15.